The highest BCUT2D eigenvalue weighted by atomic mass is 35.5. The van der Waals surface area contributed by atoms with Crippen molar-refractivity contribution in [3.8, 4) is 0 Å². The van der Waals surface area contributed by atoms with E-state index in [4.69, 9.17) is 22.4 Å². The number of nitrogens with two attached hydrogens (primary N) is 1. The molecule has 0 amide bonds. The minimum absolute atomic E-state index is 0.203. The highest BCUT2D eigenvalue weighted by Crippen LogP contribution is 2.28. The lowest BCUT2D eigenvalue weighted by Gasteiger charge is -2.10. The van der Waals surface area contributed by atoms with Crippen molar-refractivity contribution in [2.45, 2.75) is 6.10 Å². The number of aromatic nitrogens is 3. The first kappa shape index (κ1) is 11.1. The number of aliphatic hydroxyl groups is 2. The summed E-state index contributed by atoms with van der Waals surface area (Å²) in [5, 5.41) is 22.8. The quantitative estimate of drug-likeness (QED) is 0.655. The molecule has 86 valence electrons. The Hall–Kier alpha value is -1.37. The second-order valence-corrected chi connectivity index (χ2v) is 3.83. The van der Waals surface area contributed by atoms with Gasteiger partial charge in [0.2, 0.25) is 0 Å². The van der Waals surface area contributed by atoms with E-state index in [9.17, 15) is 5.11 Å². The Balaban J connectivity index is 2.81. The van der Waals surface area contributed by atoms with Gasteiger partial charge in [0, 0.05) is 12.6 Å². The lowest BCUT2D eigenvalue weighted by Crippen LogP contribution is -2.06. The van der Waals surface area contributed by atoms with Crippen molar-refractivity contribution >= 4 is 28.5 Å². The second-order valence-electron chi connectivity index (χ2n) is 3.44. The number of aliphatic hydroxyl groups excluding tert-OH is 2. The predicted octanol–water partition coefficient (Wildman–Crippen LogP) is 0.230. The van der Waals surface area contributed by atoms with E-state index < -0.39 is 12.7 Å². The lowest BCUT2D eigenvalue weighted by atomic mass is 10.1. The molecule has 0 aromatic carbocycles. The number of fused-ring (bicyclic) bond motifs is 1. The maximum Gasteiger partial charge on any atom is 0.172 e. The number of halogens is 1. The van der Waals surface area contributed by atoms with Gasteiger partial charge in [0.1, 0.15) is 16.8 Å². The molecule has 1 atom stereocenters. The maximum atomic E-state index is 9.67. The summed E-state index contributed by atoms with van der Waals surface area (Å²) in [7, 11) is 1.68. The van der Waals surface area contributed by atoms with Crippen molar-refractivity contribution in [2.75, 3.05) is 12.3 Å². The monoisotopic (exact) mass is 242 g/mol. The van der Waals surface area contributed by atoms with E-state index in [2.05, 4.69) is 10.1 Å². The molecule has 1 unspecified atom stereocenters. The largest absolute Gasteiger partial charge is 0.393 e. The molecular weight excluding hydrogens is 232 g/mol. The normalized spacial score (nSPS) is 13.2. The number of anilines is 1. The molecule has 0 aliphatic rings. The number of aryl methyl sites for hydroxylation is 1. The zero-order valence-corrected chi connectivity index (χ0v) is 9.31. The third kappa shape index (κ3) is 1.60. The number of nitrogen functional groups attached to an aromatic ring is 1. The number of pyridine rings is 1. The molecule has 7 heteroatoms. The minimum Gasteiger partial charge on any atom is -0.393 e. The molecule has 0 saturated heterocycles. The molecule has 16 heavy (non-hydrogen) atoms. The zero-order valence-electron chi connectivity index (χ0n) is 8.55. The Morgan fingerprint density at radius 3 is 2.94 bits per heavy atom. The van der Waals surface area contributed by atoms with Crippen LogP contribution in [-0.2, 0) is 7.05 Å². The summed E-state index contributed by atoms with van der Waals surface area (Å²) in [5.41, 5.74) is 7.12. The van der Waals surface area contributed by atoms with Crippen LogP contribution in [0.2, 0.25) is 5.15 Å². The van der Waals surface area contributed by atoms with Gasteiger partial charge in [-0.1, -0.05) is 11.6 Å². The Morgan fingerprint density at radius 2 is 2.31 bits per heavy atom. The molecule has 2 heterocycles. The smallest absolute Gasteiger partial charge is 0.172 e. The Morgan fingerprint density at radius 1 is 1.62 bits per heavy atom. The van der Waals surface area contributed by atoms with Crippen LogP contribution in [0.15, 0.2) is 6.07 Å². The summed E-state index contributed by atoms with van der Waals surface area (Å²) >= 11 is 5.81. The lowest BCUT2D eigenvalue weighted by molar-refractivity contribution is 0.0964. The fraction of sp³-hybridized carbons (Fsp3) is 0.333. The topological polar surface area (TPSA) is 97.2 Å². The van der Waals surface area contributed by atoms with Crippen LogP contribution in [0, 0.1) is 0 Å². The Kier molecular flexibility index (Phi) is 2.71. The first-order valence-corrected chi connectivity index (χ1v) is 5.00. The average Bonchev–Trinajstić information content (AvgIpc) is 2.52. The summed E-state index contributed by atoms with van der Waals surface area (Å²) in [6.07, 6.45) is -1.03. The maximum absolute atomic E-state index is 9.67. The van der Waals surface area contributed by atoms with Gasteiger partial charge in [-0.2, -0.15) is 5.10 Å². The van der Waals surface area contributed by atoms with Crippen molar-refractivity contribution in [3.63, 3.8) is 0 Å². The summed E-state index contributed by atoms with van der Waals surface area (Å²) in [5.74, 6) is 0.242. The van der Waals surface area contributed by atoms with Crippen LogP contribution in [0.4, 0.5) is 5.82 Å². The van der Waals surface area contributed by atoms with Crippen LogP contribution in [0.1, 0.15) is 11.7 Å². The molecule has 6 nitrogen and oxygen atoms in total. The molecule has 0 saturated carbocycles. The van der Waals surface area contributed by atoms with Crippen LogP contribution in [-0.4, -0.2) is 31.6 Å². The number of rotatable bonds is 2. The van der Waals surface area contributed by atoms with Gasteiger partial charge < -0.3 is 15.9 Å². The van der Waals surface area contributed by atoms with Gasteiger partial charge in [-0.3, -0.25) is 4.68 Å². The SMILES string of the molecule is Cn1nc(N)c2nc(Cl)cc(C(O)CO)c21. The number of hydrogen-bond donors (Lipinski definition) is 3. The van der Waals surface area contributed by atoms with Crippen LogP contribution in [0.5, 0.6) is 0 Å². The molecule has 4 N–H and O–H groups in total. The average molecular weight is 243 g/mol. The van der Waals surface area contributed by atoms with Crippen molar-refractivity contribution in [1.29, 1.82) is 0 Å². The van der Waals surface area contributed by atoms with Gasteiger partial charge in [0.05, 0.1) is 12.1 Å². The van der Waals surface area contributed by atoms with Crippen molar-refractivity contribution in [1.82, 2.24) is 14.8 Å². The van der Waals surface area contributed by atoms with Gasteiger partial charge in [-0.05, 0) is 6.07 Å². The van der Waals surface area contributed by atoms with E-state index in [0.29, 0.717) is 16.6 Å². The van der Waals surface area contributed by atoms with Crippen LogP contribution in [0.3, 0.4) is 0 Å². The molecule has 2 aromatic rings. The molecule has 2 rings (SSSR count). The summed E-state index contributed by atoms with van der Waals surface area (Å²) in [6, 6.07) is 1.49. The van der Waals surface area contributed by atoms with Gasteiger partial charge in [0.15, 0.2) is 5.82 Å². The van der Waals surface area contributed by atoms with E-state index in [-0.39, 0.29) is 11.0 Å². The van der Waals surface area contributed by atoms with Crippen molar-refractivity contribution < 1.29 is 10.2 Å². The first-order valence-electron chi connectivity index (χ1n) is 4.62. The van der Waals surface area contributed by atoms with Crippen molar-refractivity contribution in [3.05, 3.63) is 16.8 Å². The Labute approximate surface area is 96.3 Å². The molecule has 0 bridgehead atoms. The Bertz CT molecular complexity index is 540. The third-order valence-electron chi connectivity index (χ3n) is 2.35. The van der Waals surface area contributed by atoms with Crippen LogP contribution >= 0.6 is 11.6 Å². The highest BCUT2D eigenvalue weighted by Gasteiger charge is 2.18. The summed E-state index contributed by atoms with van der Waals surface area (Å²) in [4.78, 5) is 4.04. The zero-order chi connectivity index (χ0) is 11.9. The summed E-state index contributed by atoms with van der Waals surface area (Å²) < 4.78 is 1.50. The van der Waals surface area contributed by atoms with Gasteiger partial charge >= 0.3 is 0 Å². The minimum atomic E-state index is -1.03. The number of hydrogen-bond acceptors (Lipinski definition) is 5. The van der Waals surface area contributed by atoms with E-state index in [1.165, 1.54) is 10.7 Å². The van der Waals surface area contributed by atoms with E-state index in [0.717, 1.165) is 0 Å². The fourth-order valence-electron chi connectivity index (χ4n) is 1.66. The van der Waals surface area contributed by atoms with E-state index >= 15 is 0 Å². The van der Waals surface area contributed by atoms with Crippen LogP contribution in [0.25, 0.3) is 11.0 Å². The van der Waals surface area contributed by atoms with E-state index in [1.807, 2.05) is 0 Å². The highest BCUT2D eigenvalue weighted by molar-refractivity contribution is 6.30. The molecule has 0 spiro atoms. The van der Waals surface area contributed by atoms with E-state index in [1.54, 1.807) is 7.05 Å². The fourth-order valence-corrected chi connectivity index (χ4v) is 1.86. The molecular formula is C9H11ClN4O2. The van der Waals surface area contributed by atoms with Crippen molar-refractivity contribution in [2.24, 2.45) is 7.05 Å². The predicted molar refractivity (Wildman–Crippen MR) is 60.0 cm³/mol. The van der Waals surface area contributed by atoms with Gasteiger partial charge in [-0.15, -0.1) is 0 Å². The van der Waals surface area contributed by atoms with Gasteiger partial charge in [0.25, 0.3) is 0 Å². The molecule has 0 radical (unpaired) electrons. The standard InChI is InChI=1S/C9H11ClN4O2/c1-14-8-4(5(16)3-15)2-6(10)12-7(8)9(11)13-14/h2,5,15-16H,3H2,1H3,(H2,11,13). The first-order chi connectivity index (χ1) is 7.54. The molecule has 0 aliphatic heterocycles. The number of nitrogens with zero attached hydrogens (tertiary/aromatic N) is 3. The molecule has 0 aliphatic carbocycles. The third-order valence-corrected chi connectivity index (χ3v) is 2.54. The molecule has 2 aromatic heterocycles. The summed E-state index contributed by atoms with van der Waals surface area (Å²) in [6.45, 7) is -0.402. The molecule has 0 fully saturated rings. The second kappa shape index (κ2) is 3.89. The van der Waals surface area contributed by atoms with Gasteiger partial charge in [-0.25, -0.2) is 4.98 Å². The van der Waals surface area contributed by atoms with Crippen LogP contribution < -0.4 is 5.73 Å².